The second kappa shape index (κ2) is 56.7. The monoisotopic (exact) mass is 1100 g/mol. The van der Waals surface area contributed by atoms with Gasteiger partial charge in [-0.15, -0.1) is 0 Å². The molecule has 0 aliphatic carbocycles. The predicted molar refractivity (Wildman–Crippen MR) is 324 cm³/mol. The van der Waals surface area contributed by atoms with Crippen LogP contribution < -0.4 is 5.32 Å². The molecule has 11 heteroatoms. The molecule has 0 aromatic carbocycles. The molecule has 458 valence electrons. The number of ether oxygens (including phenoxy) is 3. The Kier molecular flexibility index (Phi) is 53.7. The smallest absolute Gasteiger partial charge is 0.305 e. The molecule has 1 rings (SSSR count). The fourth-order valence-electron chi connectivity index (χ4n) is 10.4. The van der Waals surface area contributed by atoms with E-state index in [1.54, 1.807) is 6.08 Å². The normalized spacial score (nSPS) is 18.7. The molecule has 1 amide bonds. The maximum Gasteiger partial charge on any atom is 0.305 e. The molecule has 1 saturated heterocycles. The third kappa shape index (κ3) is 45.5. The van der Waals surface area contributed by atoms with E-state index in [4.69, 9.17) is 14.2 Å². The largest absolute Gasteiger partial charge is 0.466 e. The first kappa shape index (κ1) is 73.9. The van der Waals surface area contributed by atoms with Crippen LogP contribution in [0.25, 0.3) is 0 Å². The first-order chi connectivity index (χ1) is 38.2. The highest BCUT2D eigenvalue weighted by Crippen LogP contribution is 2.23. The molecule has 11 nitrogen and oxygen atoms in total. The third-order valence-electron chi connectivity index (χ3n) is 15.7. The van der Waals surface area contributed by atoms with Crippen LogP contribution in [0.15, 0.2) is 36.5 Å². The van der Waals surface area contributed by atoms with Crippen LogP contribution in [0.3, 0.4) is 0 Å². The first-order valence-corrected chi connectivity index (χ1v) is 33.3. The highest BCUT2D eigenvalue weighted by Gasteiger charge is 2.44. The topological polar surface area (TPSA) is 175 Å². The lowest BCUT2D eigenvalue weighted by Gasteiger charge is -2.40. The van der Waals surface area contributed by atoms with E-state index in [9.17, 15) is 35.1 Å². The number of rotatable bonds is 58. The summed E-state index contributed by atoms with van der Waals surface area (Å²) in [6.45, 7) is 4.33. The maximum absolute atomic E-state index is 13.1. The minimum atomic E-state index is -1.57. The van der Waals surface area contributed by atoms with Gasteiger partial charge < -0.3 is 45.1 Å². The summed E-state index contributed by atoms with van der Waals surface area (Å²) < 4.78 is 16.7. The van der Waals surface area contributed by atoms with Gasteiger partial charge in [-0.25, -0.2) is 0 Å². The Morgan fingerprint density at radius 1 is 0.462 bits per heavy atom. The molecule has 0 spiro atoms. The molecular weight excluding hydrogens is 979 g/mol. The number of aliphatic hydroxyl groups excluding tert-OH is 5. The van der Waals surface area contributed by atoms with Gasteiger partial charge >= 0.3 is 5.97 Å². The molecule has 1 aliphatic rings. The summed E-state index contributed by atoms with van der Waals surface area (Å²) >= 11 is 0. The van der Waals surface area contributed by atoms with E-state index in [2.05, 4.69) is 43.5 Å². The summed E-state index contributed by atoms with van der Waals surface area (Å²) in [4.78, 5) is 25.1. The summed E-state index contributed by atoms with van der Waals surface area (Å²) in [6, 6.07) is -0.814. The maximum atomic E-state index is 13.1. The quantitative estimate of drug-likeness (QED) is 0.0195. The Labute approximate surface area is 479 Å². The minimum Gasteiger partial charge on any atom is -0.466 e. The summed E-state index contributed by atoms with van der Waals surface area (Å²) in [5, 5.41) is 54.5. The Balaban J connectivity index is 2.06. The van der Waals surface area contributed by atoms with Crippen LogP contribution in [-0.4, -0.2) is 100 Å². The lowest BCUT2D eigenvalue weighted by atomic mass is 9.99. The molecule has 0 aromatic rings. The zero-order valence-corrected chi connectivity index (χ0v) is 50.6. The van der Waals surface area contributed by atoms with E-state index in [1.807, 2.05) is 6.08 Å². The number of unbranched alkanes of at least 4 members (excludes halogenated alkanes) is 40. The second-order valence-electron chi connectivity index (χ2n) is 23.2. The Hall–Kier alpha value is -2.12. The van der Waals surface area contributed by atoms with Crippen LogP contribution in [-0.2, 0) is 23.8 Å². The Bertz CT molecular complexity index is 1390. The van der Waals surface area contributed by atoms with Gasteiger partial charge in [-0.05, 0) is 77.0 Å². The number of allylic oxidation sites excluding steroid dienone is 5. The average Bonchev–Trinajstić information content (AvgIpc) is 3.44. The number of esters is 1. The van der Waals surface area contributed by atoms with Crippen molar-refractivity contribution >= 4 is 11.9 Å². The molecular formula is C67H125NO10. The van der Waals surface area contributed by atoms with Gasteiger partial charge in [0.25, 0.3) is 0 Å². The first-order valence-electron chi connectivity index (χ1n) is 33.3. The Morgan fingerprint density at radius 3 is 1.27 bits per heavy atom. The zero-order chi connectivity index (χ0) is 56.6. The van der Waals surface area contributed by atoms with E-state index in [0.29, 0.717) is 19.4 Å². The van der Waals surface area contributed by atoms with Gasteiger partial charge in [-0.3, -0.25) is 9.59 Å². The molecule has 1 heterocycles. The predicted octanol–water partition coefficient (Wildman–Crippen LogP) is 16.2. The van der Waals surface area contributed by atoms with Crippen molar-refractivity contribution in [3.8, 4) is 0 Å². The van der Waals surface area contributed by atoms with E-state index in [-0.39, 0.29) is 18.5 Å². The highest BCUT2D eigenvalue weighted by molar-refractivity contribution is 5.76. The lowest BCUT2D eigenvalue weighted by Crippen LogP contribution is -2.60. The van der Waals surface area contributed by atoms with Gasteiger partial charge in [-0.1, -0.05) is 262 Å². The summed E-state index contributed by atoms with van der Waals surface area (Å²) in [6.07, 6.45) is 61.0. The Morgan fingerprint density at radius 2 is 0.833 bits per heavy atom. The number of hydrogen-bond acceptors (Lipinski definition) is 10. The molecule has 0 bridgehead atoms. The van der Waals surface area contributed by atoms with E-state index in [1.165, 1.54) is 225 Å². The van der Waals surface area contributed by atoms with Crippen LogP contribution in [0.5, 0.6) is 0 Å². The number of carbonyl (C=O) groups excluding carboxylic acids is 2. The van der Waals surface area contributed by atoms with Crippen LogP contribution >= 0.6 is 0 Å². The fourth-order valence-corrected chi connectivity index (χ4v) is 10.4. The summed E-state index contributed by atoms with van der Waals surface area (Å²) in [5.74, 6) is -0.194. The fraction of sp³-hybridized carbons (Fsp3) is 0.881. The highest BCUT2D eigenvalue weighted by atomic mass is 16.7. The van der Waals surface area contributed by atoms with Gasteiger partial charge in [0, 0.05) is 12.8 Å². The van der Waals surface area contributed by atoms with Crippen LogP contribution in [0.4, 0.5) is 0 Å². The number of hydrogen-bond donors (Lipinski definition) is 6. The van der Waals surface area contributed by atoms with Crippen molar-refractivity contribution < 1.29 is 49.3 Å². The minimum absolute atomic E-state index is 0.00961. The summed E-state index contributed by atoms with van der Waals surface area (Å²) in [7, 11) is 0. The number of aliphatic hydroxyl groups is 5. The van der Waals surface area contributed by atoms with Crippen molar-refractivity contribution in [2.45, 2.75) is 358 Å². The van der Waals surface area contributed by atoms with Crippen molar-refractivity contribution in [1.82, 2.24) is 5.32 Å². The van der Waals surface area contributed by atoms with E-state index in [0.717, 1.165) is 64.2 Å². The number of amides is 1. The van der Waals surface area contributed by atoms with Crippen LogP contribution in [0.1, 0.15) is 316 Å². The average molecular weight is 1100 g/mol. The van der Waals surface area contributed by atoms with Crippen molar-refractivity contribution in [2.24, 2.45) is 0 Å². The van der Waals surface area contributed by atoms with E-state index < -0.39 is 49.5 Å². The molecule has 1 fully saturated rings. The zero-order valence-electron chi connectivity index (χ0n) is 50.6. The van der Waals surface area contributed by atoms with Crippen molar-refractivity contribution in [1.29, 1.82) is 0 Å². The van der Waals surface area contributed by atoms with E-state index >= 15 is 0 Å². The van der Waals surface area contributed by atoms with Gasteiger partial charge in [-0.2, -0.15) is 0 Å². The van der Waals surface area contributed by atoms with Crippen molar-refractivity contribution in [3.05, 3.63) is 36.5 Å². The summed E-state index contributed by atoms with van der Waals surface area (Å²) in [5.41, 5.74) is 0. The molecule has 7 atom stereocenters. The molecule has 1 aliphatic heterocycles. The van der Waals surface area contributed by atoms with Crippen LogP contribution in [0, 0.1) is 0 Å². The number of nitrogens with one attached hydrogen (secondary N) is 1. The van der Waals surface area contributed by atoms with Gasteiger partial charge in [0.2, 0.25) is 5.91 Å². The molecule has 7 unspecified atom stereocenters. The van der Waals surface area contributed by atoms with Gasteiger partial charge in [0.05, 0.1) is 32.0 Å². The van der Waals surface area contributed by atoms with Gasteiger partial charge in [0.1, 0.15) is 24.4 Å². The number of carbonyl (C=O) groups is 2. The van der Waals surface area contributed by atoms with Crippen LogP contribution in [0.2, 0.25) is 0 Å². The third-order valence-corrected chi connectivity index (χ3v) is 15.7. The van der Waals surface area contributed by atoms with Gasteiger partial charge in [0.15, 0.2) is 6.29 Å². The lowest BCUT2D eigenvalue weighted by molar-refractivity contribution is -0.302. The molecule has 0 aromatic heterocycles. The van der Waals surface area contributed by atoms with Crippen molar-refractivity contribution in [3.63, 3.8) is 0 Å². The SMILES string of the molecule is CCCC/C=C\CCCCCCCC(=O)OCCCCCCCCCCCCCC/C=C\CCCCCCCCCCC(=O)NC(COC1OC(CO)C(O)C(O)C1O)C(O)/C=C/CCCCCCCCCCCCCCC. The molecule has 0 radical (unpaired) electrons. The molecule has 0 saturated carbocycles. The molecule has 78 heavy (non-hydrogen) atoms. The second-order valence-corrected chi connectivity index (χ2v) is 23.2. The molecule has 6 N–H and O–H groups in total. The standard InChI is InChI=1S/C67H125NO10/c1-3-5-7-9-11-13-15-16-27-30-34-37-41-45-49-53-60(70)59(58-77-67-66(75)65(74)64(73)61(57-69)78-67)68-62(71)54-50-46-42-38-35-31-28-25-23-21-19-17-18-20-22-24-26-29-32-36-40-44-48-52-56-76-63(72)55-51-47-43-39-33-14-12-10-8-6-4-2/h10,12,19,21,49,53,59-61,64-67,69-70,73-75H,3-9,11,13-18,20,22-48,50-52,54-58H2,1-2H3,(H,68,71)/b12-10-,21-19-,53-49+. The van der Waals surface area contributed by atoms with Crippen molar-refractivity contribution in [2.75, 3.05) is 19.8 Å².